The molecule has 0 aromatic heterocycles. The van der Waals surface area contributed by atoms with Crippen molar-refractivity contribution in [2.75, 3.05) is 6.54 Å². The third-order valence-electron chi connectivity index (χ3n) is 1.68. The second-order valence-corrected chi connectivity index (χ2v) is 2.83. The minimum absolute atomic E-state index is 0. The maximum absolute atomic E-state index is 12.1. The summed E-state index contributed by atoms with van der Waals surface area (Å²) in [4.78, 5) is 10.1. The molecule has 0 heterocycles. The summed E-state index contributed by atoms with van der Waals surface area (Å²) in [6, 6.07) is 0. The van der Waals surface area contributed by atoms with Gasteiger partial charge in [0.05, 0.1) is 11.8 Å². The van der Waals surface area contributed by atoms with Crippen LogP contribution in [0.2, 0.25) is 0 Å². The van der Waals surface area contributed by atoms with Gasteiger partial charge in [-0.1, -0.05) is 0 Å². The number of aliphatic carboxylic acids is 1. The van der Waals surface area contributed by atoms with Crippen molar-refractivity contribution in [3.05, 3.63) is 0 Å². The summed E-state index contributed by atoms with van der Waals surface area (Å²) in [5, 5.41) is 8.19. The zero-order valence-electron chi connectivity index (χ0n) is 6.89. The Balaban J connectivity index is 0. The van der Waals surface area contributed by atoms with E-state index in [-0.39, 0.29) is 12.4 Å². The summed E-state index contributed by atoms with van der Waals surface area (Å²) in [5.74, 6) is -1.50. The largest absolute Gasteiger partial charge is 0.481 e. The Labute approximate surface area is 79.5 Å². The fraction of sp³-hybridized carbons (Fsp3) is 0.833. The van der Waals surface area contributed by atoms with Crippen LogP contribution in [-0.2, 0) is 4.79 Å². The summed E-state index contributed by atoms with van der Waals surface area (Å²) in [6.07, 6.45) is -5.56. The van der Waals surface area contributed by atoms with E-state index in [1.807, 2.05) is 0 Å². The van der Waals surface area contributed by atoms with Crippen LogP contribution in [0.25, 0.3) is 0 Å². The van der Waals surface area contributed by atoms with Crippen molar-refractivity contribution in [1.82, 2.24) is 0 Å². The Morgan fingerprint density at radius 1 is 1.46 bits per heavy atom. The zero-order chi connectivity index (χ0) is 9.99. The van der Waals surface area contributed by atoms with Crippen molar-refractivity contribution in [2.24, 2.45) is 11.1 Å². The molecule has 3 nitrogen and oxygen atoms in total. The van der Waals surface area contributed by atoms with E-state index in [4.69, 9.17) is 10.8 Å². The normalized spacial score (nSPS) is 15.8. The molecule has 1 atom stereocenters. The Hall–Kier alpha value is -0.490. The standard InChI is InChI=1S/C6H10F3NO2.ClH/c1-5(3-10,2-4(11)12)6(7,8)9;/h2-3,10H2,1H3,(H,11,12);1H. The van der Waals surface area contributed by atoms with Gasteiger partial charge in [-0.15, -0.1) is 12.4 Å². The number of halogens is 4. The molecule has 0 aliphatic carbocycles. The molecular formula is C6H11ClF3NO2. The molecule has 0 aromatic rings. The number of hydrogen-bond acceptors (Lipinski definition) is 2. The van der Waals surface area contributed by atoms with Gasteiger partial charge in [0.1, 0.15) is 0 Å². The topological polar surface area (TPSA) is 63.3 Å². The van der Waals surface area contributed by atoms with E-state index in [2.05, 4.69) is 0 Å². The van der Waals surface area contributed by atoms with Gasteiger partial charge in [0.15, 0.2) is 0 Å². The van der Waals surface area contributed by atoms with Crippen LogP contribution < -0.4 is 5.73 Å². The second-order valence-electron chi connectivity index (χ2n) is 2.83. The molecular weight excluding hydrogens is 211 g/mol. The number of nitrogens with two attached hydrogens (primary N) is 1. The quantitative estimate of drug-likeness (QED) is 0.758. The van der Waals surface area contributed by atoms with Crippen molar-refractivity contribution in [1.29, 1.82) is 0 Å². The minimum atomic E-state index is -4.57. The first-order valence-electron chi connectivity index (χ1n) is 3.21. The fourth-order valence-electron chi connectivity index (χ4n) is 0.622. The van der Waals surface area contributed by atoms with E-state index in [1.54, 1.807) is 0 Å². The number of carboxylic acid groups (broad SMARTS) is 1. The van der Waals surface area contributed by atoms with Gasteiger partial charge in [0.25, 0.3) is 0 Å². The maximum Gasteiger partial charge on any atom is 0.396 e. The predicted octanol–water partition coefficient (Wildman–Crippen LogP) is 1.41. The van der Waals surface area contributed by atoms with Gasteiger partial charge in [-0.3, -0.25) is 4.79 Å². The van der Waals surface area contributed by atoms with Crippen LogP contribution in [-0.4, -0.2) is 23.8 Å². The fourth-order valence-corrected chi connectivity index (χ4v) is 0.622. The molecule has 0 bridgehead atoms. The Morgan fingerprint density at radius 2 is 1.85 bits per heavy atom. The first kappa shape index (κ1) is 15.0. The second kappa shape index (κ2) is 4.66. The van der Waals surface area contributed by atoms with Crippen molar-refractivity contribution < 1.29 is 23.1 Å². The van der Waals surface area contributed by atoms with Gasteiger partial charge < -0.3 is 10.8 Å². The summed E-state index contributed by atoms with van der Waals surface area (Å²) < 4.78 is 36.4. The van der Waals surface area contributed by atoms with Crippen LogP contribution in [0.4, 0.5) is 13.2 Å². The maximum atomic E-state index is 12.1. The third kappa shape index (κ3) is 3.82. The van der Waals surface area contributed by atoms with Crippen LogP contribution >= 0.6 is 12.4 Å². The van der Waals surface area contributed by atoms with Gasteiger partial charge in [-0.05, 0) is 6.92 Å². The molecule has 80 valence electrons. The summed E-state index contributed by atoms with van der Waals surface area (Å²) in [5.41, 5.74) is 2.54. The molecule has 0 amide bonds. The monoisotopic (exact) mass is 221 g/mol. The smallest absolute Gasteiger partial charge is 0.396 e. The van der Waals surface area contributed by atoms with E-state index in [9.17, 15) is 18.0 Å². The molecule has 0 aliphatic rings. The van der Waals surface area contributed by atoms with Crippen LogP contribution in [0.3, 0.4) is 0 Å². The molecule has 7 heteroatoms. The Bertz CT molecular complexity index is 185. The molecule has 0 aromatic carbocycles. The van der Waals surface area contributed by atoms with E-state index in [0.717, 1.165) is 6.92 Å². The highest BCUT2D eigenvalue weighted by molar-refractivity contribution is 5.85. The highest BCUT2D eigenvalue weighted by Crippen LogP contribution is 2.39. The molecule has 0 aliphatic heterocycles. The van der Waals surface area contributed by atoms with Crippen molar-refractivity contribution >= 4 is 18.4 Å². The lowest BCUT2D eigenvalue weighted by atomic mass is 9.86. The van der Waals surface area contributed by atoms with Crippen LogP contribution in [0, 0.1) is 5.41 Å². The van der Waals surface area contributed by atoms with E-state index < -0.39 is 30.5 Å². The molecule has 0 spiro atoms. The predicted molar refractivity (Wildman–Crippen MR) is 42.7 cm³/mol. The Kier molecular flexibility index (Phi) is 5.38. The average molecular weight is 222 g/mol. The van der Waals surface area contributed by atoms with Crippen molar-refractivity contribution in [3.63, 3.8) is 0 Å². The molecule has 13 heavy (non-hydrogen) atoms. The average Bonchev–Trinajstić information content (AvgIpc) is 1.83. The van der Waals surface area contributed by atoms with Gasteiger partial charge in [-0.25, -0.2) is 0 Å². The third-order valence-corrected chi connectivity index (χ3v) is 1.68. The number of hydrogen-bond donors (Lipinski definition) is 2. The number of alkyl halides is 3. The summed E-state index contributed by atoms with van der Waals surface area (Å²) in [7, 11) is 0. The minimum Gasteiger partial charge on any atom is -0.481 e. The van der Waals surface area contributed by atoms with E-state index >= 15 is 0 Å². The van der Waals surface area contributed by atoms with E-state index in [1.165, 1.54) is 0 Å². The number of rotatable bonds is 3. The van der Waals surface area contributed by atoms with Gasteiger partial charge >= 0.3 is 12.1 Å². The molecule has 0 radical (unpaired) electrons. The molecule has 0 saturated heterocycles. The number of carbonyl (C=O) groups is 1. The van der Waals surface area contributed by atoms with Crippen LogP contribution in [0.1, 0.15) is 13.3 Å². The summed E-state index contributed by atoms with van der Waals surface area (Å²) >= 11 is 0. The van der Waals surface area contributed by atoms with Gasteiger partial charge in [0.2, 0.25) is 0 Å². The molecule has 0 saturated carbocycles. The first-order chi connectivity index (χ1) is 5.23. The lowest BCUT2D eigenvalue weighted by Gasteiger charge is -2.28. The van der Waals surface area contributed by atoms with E-state index in [0.29, 0.717) is 0 Å². The highest BCUT2D eigenvalue weighted by Gasteiger charge is 2.51. The molecule has 1 unspecified atom stereocenters. The zero-order valence-corrected chi connectivity index (χ0v) is 7.71. The van der Waals surface area contributed by atoms with Crippen molar-refractivity contribution in [3.8, 4) is 0 Å². The number of carboxylic acids is 1. The van der Waals surface area contributed by atoms with Gasteiger partial charge in [0, 0.05) is 6.54 Å². The molecule has 0 fully saturated rings. The Morgan fingerprint density at radius 3 is 1.92 bits per heavy atom. The SMILES string of the molecule is CC(CN)(CC(=O)O)C(F)(F)F.Cl. The first-order valence-corrected chi connectivity index (χ1v) is 3.21. The highest BCUT2D eigenvalue weighted by atomic mass is 35.5. The van der Waals surface area contributed by atoms with Crippen LogP contribution in [0.5, 0.6) is 0 Å². The lowest BCUT2D eigenvalue weighted by molar-refractivity contribution is -0.219. The van der Waals surface area contributed by atoms with Crippen LogP contribution in [0.15, 0.2) is 0 Å². The van der Waals surface area contributed by atoms with Crippen molar-refractivity contribution in [2.45, 2.75) is 19.5 Å². The molecule has 3 N–H and O–H groups in total. The summed E-state index contributed by atoms with van der Waals surface area (Å²) in [6.45, 7) is 0.0733. The molecule has 0 rings (SSSR count). The lowest BCUT2D eigenvalue weighted by Crippen LogP contribution is -2.43. The van der Waals surface area contributed by atoms with Gasteiger partial charge in [-0.2, -0.15) is 13.2 Å².